The summed E-state index contributed by atoms with van der Waals surface area (Å²) in [7, 11) is 0. The van der Waals surface area contributed by atoms with E-state index in [-0.39, 0.29) is 6.10 Å². The summed E-state index contributed by atoms with van der Waals surface area (Å²) in [6.45, 7) is 8.54. The summed E-state index contributed by atoms with van der Waals surface area (Å²) < 4.78 is 0. The fourth-order valence-corrected chi connectivity index (χ4v) is 2.83. The van der Waals surface area contributed by atoms with E-state index in [1.54, 1.807) is 0 Å². The molecular formula is C16H23N3O. The molecule has 0 bridgehead atoms. The summed E-state index contributed by atoms with van der Waals surface area (Å²) in [6, 6.07) is 10.5. The van der Waals surface area contributed by atoms with Gasteiger partial charge in [-0.3, -0.25) is 9.80 Å². The SMILES string of the molecule is C[C@H](O)CN1CCN(Cc2ccccc2C#N)C[C@H]1C. The van der Waals surface area contributed by atoms with E-state index >= 15 is 0 Å². The third kappa shape index (κ3) is 3.80. The molecule has 1 heterocycles. The Hall–Kier alpha value is -1.41. The van der Waals surface area contributed by atoms with Crippen LogP contribution in [0.3, 0.4) is 0 Å². The Morgan fingerprint density at radius 3 is 2.80 bits per heavy atom. The number of nitrogens with zero attached hydrogens (tertiary/aromatic N) is 3. The molecule has 4 heteroatoms. The van der Waals surface area contributed by atoms with E-state index in [9.17, 15) is 5.11 Å². The normalized spacial score (nSPS) is 22.4. The monoisotopic (exact) mass is 273 g/mol. The van der Waals surface area contributed by atoms with Crippen LogP contribution in [0.15, 0.2) is 24.3 Å². The molecule has 0 spiro atoms. The molecule has 0 aliphatic carbocycles. The minimum Gasteiger partial charge on any atom is -0.392 e. The van der Waals surface area contributed by atoms with Crippen molar-refractivity contribution in [2.75, 3.05) is 26.2 Å². The van der Waals surface area contributed by atoms with Crippen LogP contribution < -0.4 is 0 Å². The summed E-state index contributed by atoms with van der Waals surface area (Å²) in [5, 5.41) is 18.6. The zero-order chi connectivity index (χ0) is 14.5. The Balaban J connectivity index is 1.95. The van der Waals surface area contributed by atoms with Gasteiger partial charge in [0, 0.05) is 38.8 Å². The van der Waals surface area contributed by atoms with Crippen molar-refractivity contribution >= 4 is 0 Å². The Bertz CT molecular complexity index is 481. The Morgan fingerprint density at radius 1 is 1.40 bits per heavy atom. The molecule has 4 nitrogen and oxygen atoms in total. The highest BCUT2D eigenvalue weighted by Crippen LogP contribution is 2.15. The van der Waals surface area contributed by atoms with Gasteiger partial charge in [-0.05, 0) is 25.5 Å². The largest absolute Gasteiger partial charge is 0.392 e. The number of piperazine rings is 1. The Kier molecular flexibility index (Phi) is 5.13. The van der Waals surface area contributed by atoms with Gasteiger partial charge in [0.05, 0.1) is 17.7 Å². The summed E-state index contributed by atoms with van der Waals surface area (Å²) in [5.41, 5.74) is 1.87. The van der Waals surface area contributed by atoms with E-state index in [2.05, 4.69) is 22.8 Å². The van der Waals surface area contributed by atoms with Crippen molar-refractivity contribution in [2.24, 2.45) is 0 Å². The summed E-state index contributed by atoms with van der Waals surface area (Å²) in [4.78, 5) is 4.72. The standard InChI is InChI=1S/C16H23N3O/c1-13-10-18(7-8-19(13)11-14(2)20)12-16-6-4-3-5-15(16)9-17/h3-6,13-14,20H,7-8,10-12H2,1-2H3/t13-,14+/m1/s1. The lowest BCUT2D eigenvalue weighted by molar-refractivity contribution is 0.0423. The molecule has 1 saturated heterocycles. The van der Waals surface area contributed by atoms with Gasteiger partial charge >= 0.3 is 0 Å². The first-order chi connectivity index (χ1) is 9.60. The van der Waals surface area contributed by atoms with E-state index in [1.807, 2.05) is 31.2 Å². The number of β-amino-alcohol motifs (C(OH)–C–C–N with tert-alkyl or cyclic N) is 1. The second kappa shape index (κ2) is 6.85. The van der Waals surface area contributed by atoms with Crippen LogP contribution in [0.1, 0.15) is 25.0 Å². The van der Waals surface area contributed by atoms with E-state index in [0.717, 1.165) is 43.9 Å². The fraction of sp³-hybridized carbons (Fsp3) is 0.562. The van der Waals surface area contributed by atoms with Gasteiger partial charge < -0.3 is 5.11 Å². The lowest BCUT2D eigenvalue weighted by atomic mass is 10.1. The van der Waals surface area contributed by atoms with Crippen molar-refractivity contribution in [3.05, 3.63) is 35.4 Å². The maximum absolute atomic E-state index is 9.50. The lowest BCUT2D eigenvalue weighted by Crippen LogP contribution is -2.53. The van der Waals surface area contributed by atoms with Crippen molar-refractivity contribution in [3.63, 3.8) is 0 Å². The summed E-state index contributed by atoms with van der Waals surface area (Å²) in [5.74, 6) is 0. The maximum atomic E-state index is 9.50. The predicted octanol–water partition coefficient (Wildman–Crippen LogP) is 1.45. The van der Waals surface area contributed by atoms with Crippen molar-refractivity contribution in [3.8, 4) is 6.07 Å². The third-order valence-electron chi connectivity index (χ3n) is 3.88. The maximum Gasteiger partial charge on any atom is 0.0995 e. The van der Waals surface area contributed by atoms with Crippen LogP contribution in [0.4, 0.5) is 0 Å². The van der Waals surface area contributed by atoms with Gasteiger partial charge in [-0.25, -0.2) is 0 Å². The molecule has 1 aliphatic heterocycles. The first-order valence-electron chi connectivity index (χ1n) is 7.22. The molecule has 0 unspecified atom stereocenters. The van der Waals surface area contributed by atoms with Crippen molar-refractivity contribution in [1.29, 1.82) is 5.26 Å². The second-order valence-electron chi connectivity index (χ2n) is 5.70. The quantitative estimate of drug-likeness (QED) is 0.902. The van der Waals surface area contributed by atoms with Crippen molar-refractivity contribution < 1.29 is 5.11 Å². The molecule has 108 valence electrons. The molecule has 2 rings (SSSR count). The number of aliphatic hydroxyl groups is 1. The molecule has 2 atom stereocenters. The predicted molar refractivity (Wildman–Crippen MR) is 79.1 cm³/mol. The highest BCUT2D eigenvalue weighted by Gasteiger charge is 2.24. The average Bonchev–Trinajstić information content (AvgIpc) is 2.42. The zero-order valence-electron chi connectivity index (χ0n) is 12.3. The van der Waals surface area contributed by atoms with Crippen LogP contribution in [-0.4, -0.2) is 53.2 Å². The first kappa shape index (κ1) is 15.0. The lowest BCUT2D eigenvalue weighted by Gasteiger charge is -2.40. The topological polar surface area (TPSA) is 50.5 Å². The Labute approximate surface area is 121 Å². The van der Waals surface area contributed by atoms with E-state index in [4.69, 9.17) is 5.26 Å². The molecule has 1 aliphatic rings. The highest BCUT2D eigenvalue weighted by atomic mass is 16.3. The van der Waals surface area contributed by atoms with Crippen molar-refractivity contribution in [1.82, 2.24) is 9.80 Å². The zero-order valence-corrected chi connectivity index (χ0v) is 12.3. The van der Waals surface area contributed by atoms with Crippen LogP contribution in [0.25, 0.3) is 0 Å². The molecule has 0 aromatic heterocycles. The number of hydrogen-bond acceptors (Lipinski definition) is 4. The van der Waals surface area contributed by atoms with Crippen LogP contribution in [0.5, 0.6) is 0 Å². The van der Waals surface area contributed by atoms with Gasteiger partial charge in [0.2, 0.25) is 0 Å². The first-order valence-corrected chi connectivity index (χ1v) is 7.22. The average molecular weight is 273 g/mol. The van der Waals surface area contributed by atoms with Crippen LogP contribution in [0.2, 0.25) is 0 Å². The van der Waals surface area contributed by atoms with Crippen LogP contribution >= 0.6 is 0 Å². The molecule has 1 fully saturated rings. The minimum absolute atomic E-state index is 0.275. The van der Waals surface area contributed by atoms with E-state index in [0.29, 0.717) is 6.04 Å². The van der Waals surface area contributed by atoms with Gasteiger partial charge in [0.1, 0.15) is 0 Å². The van der Waals surface area contributed by atoms with Gasteiger partial charge in [0.25, 0.3) is 0 Å². The molecule has 0 radical (unpaired) electrons. The third-order valence-corrected chi connectivity index (χ3v) is 3.88. The minimum atomic E-state index is -0.275. The van der Waals surface area contributed by atoms with Crippen LogP contribution in [0, 0.1) is 11.3 Å². The number of rotatable bonds is 4. The van der Waals surface area contributed by atoms with E-state index in [1.165, 1.54) is 0 Å². The number of aliphatic hydroxyl groups excluding tert-OH is 1. The molecule has 1 aromatic carbocycles. The molecule has 1 aromatic rings. The number of hydrogen-bond donors (Lipinski definition) is 1. The fourth-order valence-electron chi connectivity index (χ4n) is 2.83. The molecule has 0 amide bonds. The van der Waals surface area contributed by atoms with Crippen molar-refractivity contribution in [2.45, 2.75) is 32.5 Å². The highest BCUT2D eigenvalue weighted by molar-refractivity contribution is 5.37. The van der Waals surface area contributed by atoms with E-state index < -0.39 is 0 Å². The smallest absolute Gasteiger partial charge is 0.0995 e. The molecule has 20 heavy (non-hydrogen) atoms. The summed E-state index contributed by atoms with van der Waals surface area (Å²) in [6.07, 6.45) is -0.275. The number of nitriles is 1. The van der Waals surface area contributed by atoms with Gasteiger partial charge in [0.15, 0.2) is 0 Å². The van der Waals surface area contributed by atoms with Gasteiger partial charge in [-0.15, -0.1) is 0 Å². The number of benzene rings is 1. The summed E-state index contributed by atoms with van der Waals surface area (Å²) >= 11 is 0. The Morgan fingerprint density at radius 2 is 2.15 bits per heavy atom. The van der Waals surface area contributed by atoms with Gasteiger partial charge in [-0.2, -0.15) is 5.26 Å². The molecule has 0 saturated carbocycles. The van der Waals surface area contributed by atoms with Gasteiger partial charge in [-0.1, -0.05) is 18.2 Å². The second-order valence-corrected chi connectivity index (χ2v) is 5.70. The molecular weight excluding hydrogens is 250 g/mol. The van der Waals surface area contributed by atoms with Crippen LogP contribution in [-0.2, 0) is 6.54 Å². The molecule has 1 N–H and O–H groups in total.